The fourth-order valence-electron chi connectivity index (χ4n) is 3.29. The van der Waals surface area contributed by atoms with E-state index >= 15 is 0 Å². The zero-order valence-corrected chi connectivity index (χ0v) is 18.4. The molecular weight excluding hydrogens is 420 g/mol. The molecule has 1 amide bonds. The summed E-state index contributed by atoms with van der Waals surface area (Å²) in [6, 6.07) is 9.60. The lowest BCUT2D eigenvalue weighted by atomic mass is 10.1. The zero-order valence-electron chi connectivity index (χ0n) is 16.8. The third-order valence-electron chi connectivity index (χ3n) is 4.67. The number of pyridine rings is 1. The van der Waals surface area contributed by atoms with Crippen LogP contribution in [0.2, 0.25) is 0 Å². The Morgan fingerprint density at radius 3 is 2.67 bits per heavy atom. The first-order valence-electron chi connectivity index (χ1n) is 9.38. The van der Waals surface area contributed by atoms with Crippen molar-refractivity contribution in [1.82, 2.24) is 9.97 Å². The minimum absolute atomic E-state index is 0.266. The standard InChI is InChI=1S/C21H20N4O3S2/c1-4-25(21-24-13-7-5-6-8-14(13)29-21)15(26)10-28-20(27)18-17(22)16-11(2)9-12(3)23-19(16)30-18/h5-9H,4,10,22H2,1-3H3. The predicted molar refractivity (Wildman–Crippen MR) is 121 cm³/mol. The summed E-state index contributed by atoms with van der Waals surface area (Å²) >= 11 is 2.60. The number of rotatable bonds is 5. The number of amides is 1. The number of benzene rings is 1. The van der Waals surface area contributed by atoms with Crippen molar-refractivity contribution < 1.29 is 14.3 Å². The lowest BCUT2D eigenvalue weighted by molar-refractivity contribution is -0.121. The molecule has 154 valence electrons. The van der Waals surface area contributed by atoms with E-state index in [-0.39, 0.29) is 17.4 Å². The number of hydrogen-bond donors (Lipinski definition) is 1. The van der Waals surface area contributed by atoms with Crippen LogP contribution < -0.4 is 10.6 Å². The Balaban J connectivity index is 1.51. The number of aryl methyl sites for hydroxylation is 2. The van der Waals surface area contributed by atoms with Gasteiger partial charge in [-0.1, -0.05) is 23.5 Å². The number of nitrogens with zero attached hydrogens (tertiary/aromatic N) is 3. The molecule has 4 aromatic rings. The maximum Gasteiger partial charge on any atom is 0.351 e. The average molecular weight is 441 g/mol. The third-order valence-corrected chi connectivity index (χ3v) is 6.81. The molecule has 0 unspecified atom stereocenters. The number of nitrogens with two attached hydrogens (primary N) is 1. The molecule has 3 aromatic heterocycles. The molecule has 0 saturated carbocycles. The van der Waals surface area contributed by atoms with E-state index in [1.165, 1.54) is 27.6 Å². The number of aromatic nitrogens is 2. The van der Waals surface area contributed by atoms with Crippen LogP contribution in [0, 0.1) is 13.8 Å². The van der Waals surface area contributed by atoms with Crippen LogP contribution in [-0.4, -0.2) is 35.0 Å². The number of thiazole rings is 1. The number of thiophene rings is 1. The van der Waals surface area contributed by atoms with Gasteiger partial charge in [0.05, 0.1) is 15.9 Å². The molecule has 0 atom stereocenters. The first kappa shape index (κ1) is 20.2. The minimum atomic E-state index is -0.624. The number of fused-ring (bicyclic) bond motifs is 2. The summed E-state index contributed by atoms with van der Waals surface area (Å²) < 4.78 is 6.29. The number of carbonyl (C=O) groups is 2. The summed E-state index contributed by atoms with van der Waals surface area (Å²) in [5.74, 6) is -0.962. The van der Waals surface area contributed by atoms with E-state index < -0.39 is 5.97 Å². The topological polar surface area (TPSA) is 98.4 Å². The Kier molecular flexibility index (Phi) is 5.40. The van der Waals surface area contributed by atoms with Crippen molar-refractivity contribution in [2.45, 2.75) is 20.8 Å². The normalized spacial score (nSPS) is 11.2. The summed E-state index contributed by atoms with van der Waals surface area (Å²) in [7, 11) is 0. The van der Waals surface area contributed by atoms with Gasteiger partial charge in [-0.15, -0.1) is 11.3 Å². The van der Waals surface area contributed by atoms with Gasteiger partial charge >= 0.3 is 5.97 Å². The number of hydrogen-bond acceptors (Lipinski definition) is 8. The Bertz CT molecular complexity index is 1250. The van der Waals surface area contributed by atoms with Gasteiger partial charge in [-0.05, 0) is 44.5 Å². The maximum absolute atomic E-state index is 12.7. The van der Waals surface area contributed by atoms with Crippen molar-refractivity contribution in [3.8, 4) is 0 Å². The number of carbonyl (C=O) groups excluding carboxylic acids is 2. The lowest BCUT2D eigenvalue weighted by Gasteiger charge is -2.17. The van der Waals surface area contributed by atoms with Crippen LogP contribution in [0.5, 0.6) is 0 Å². The second-order valence-corrected chi connectivity index (χ2v) is 8.79. The monoisotopic (exact) mass is 440 g/mol. The number of esters is 1. The molecule has 2 N–H and O–H groups in total. The molecule has 3 heterocycles. The van der Waals surface area contributed by atoms with E-state index in [4.69, 9.17) is 10.5 Å². The van der Waals surface area contributed by atoms with Crippen LogP contribution in [0.25, 0.3) is 20.4 Å². The Labute approximate surface area is 181 Å². The van der Waals surface area contributed by atoms with Crippen molar-refractivity contribution in [1.29, 1.82) is 0 Å². The molecule has 0 aliphatic heterocycles. The second-order valence-electron chi connectivity index (χ2n) is 6.78. The number of likely N-dealkylation sites (N-methyl/N-ethyl adjacent to an activating group) is 1. The van der Waals surface area contributed by atoms with Gasteiger partial charge in [0.25, 0.3) is 5.91 Å². The van der Waals surface area contributed by atoms with E-state index in [0.717, 1.165) is 26.9 Å². The highest BCUT2D eigenvalue weighted by Crippen LogP contribution is 2.35. The Hall–Kier alpha value is -3.04. The molecule has 0 radical (unpaired) electrons. The van der Waals surface area contributed by atoms with Crippen LogP contribution in [0.15, 0.2) is 30.3 Å². The smallest absolute Gasteiger partial charge is 0.351 e. The molecule has 30 heavy (non-hydrogen) atoms. The zero-order chi connectivity index (χ0) is 21.4. The first-order chi connectivity index (χ1) is 14.4. The van der Waals surface area contributed by atoms with Gasteiger partial charge in [0.2, 0.25) is 0 Å². The van der Waals surface area contributed by atoms with Gasteiger partial charge in [0.15, 0.2) is 11.7 Å². The van der Waals surface area contributed by atoms with Crippen LogP contribution in [0.1, 0.15) is 27.9 Å². The molecule has 0 aliphatic carbocycles. The fraction of sp³-hybridized carbons (Fsp3) is 0.238. The van der Waals surface area contributed by atoms with Crippen molar-refractivity contribution in [3.05, 3.63) is 46.5 Å². The highest BCUT2D eigenvalue weighted by molar-refractivity contribution is 7.22. The molecule has 0 saturated heterocycles. The van der Waals surface area contributed by atoms with Gasteiger partial charge < -0.3 is 10.5 Å². The first-order valence-corrected chi connectivity index (χ1v) is 11.0. The largest absolute Gasteiger partial charge is 0.451 e. The van der Waals surface area contributed by atoms with Crippen molar-refractivity contribution >= 4 is 65.8 Å². The molecule has 0 spiro atoms. The Morgan fingerprint density at radius 2 is 1.93 bits per heavy atom. The van der Waals surface area contributed by atoms with Gasteiger partial charge in [-0.25, -0.2) is 14.8 Å². The fourth-order valence-corrected chi connectivity index (χ4v) is 5.44. The number of ether oxygens (including phenoxy) is 1. The molecule has 0 fully saturated rings. The molecular formula is C21H20N4O3S2. The molecule has 7 nitrogen and oxygen atoms in total. The van der Waals surface area contributed by atoms with Gasteiger partial charge in [0.1, 0.15) is 9.71 Å². The highest BCUT2D eigenvalue weighted by Gasteiger charge is 2.23. The van der Waals surface area contributed by atoms with Crippen LogP contribution in [-0.2, 0) is 9.53 Å². The molecule has 0 bridgehead atoms. The van der Waals surface area contributed by atoms with Crippen molar-refractivity contribution in [3.63, 3.8) is 0 Å². The highest BCUT2D eigenvalue weighted by atomic mass is 32.1. The number of para-hydroxylation sites is 1. The number of anilines is 2. The predicted octanol–water partition coefficient (Wildman–Crippen LogP) is 4.31. The molecule has 4 rings (SSSR count). The van der Waals surface area contributed by atoms with Crippen molar-refractivity contribution in [2.24, 2.45) is 0 Å². The lowest BCUT2D eigenvalue weighted by Crippen LogP contribution is -2.34. The van der Waals surface area contributed by atoms with Gasteiger partial charge in [-0.2, -0.15) is 0 Å². The van der Waals surface area contributed by atoms with Crippen LogP contribution >= 0.6 is 22.7 Å². The maximum atomic E-state index is 12.7. The van der Waals surface area contributed by atoms with E-state index in [2.05, 4.69) is 9.97 Å². The van der Waals surface area contributed by atoms with E-state index in [0.29, 0.717) is 22.2 Å². The van der Waals surface area contributed by atoms with Gasteiger partial charge in [-0.3, -0.25) is 9.69 Å². The molecule has 0 aliphatic rings. The summed E-state index contributed by atoms with van der Waals surface area (Å²) in [5, 5.41) is 1.34. The van der Waals surface area contributed by atoms with Crippen LogP contribution in [0.4, 0.5) is 10.8 Å². The SMILES string of the molecule is CCN(C(=O)COC(=O)c1sc2nc(C)cc(C)c2c1N)c1nc2ccccc2s1. The van der Waals surface area contributed by atoms with Gasteiger partial charge in [0, 0.05) is 17.6 Å². The summed E-state index contributed by atoms with van der Waals surface area (Å²) in [6.45, 7) is 5.70. The second kappa shape index (κ2) is 8.00. The van der Waals surface area contributed by atoms with E-state index in [9.17, 15) is 9.59 Å². The summed E-state index contributed by atoms with van der Waals surface area (Å²) in [5.41, 5.74) is 9.16. The minimum Gasteiger partial charge on any atom is -0.451 e. The molecule has 1 aromatic carbocycles. The quantitative estimate of drug-likeness (QED) is 0.464. The van der Waals surface area contributed by atoms with E-state index in [1.807, 2.05) is 51.1 Å². The van der Waals surface area contributed by atoms with E-state index in [1.54, 1.807) is 0 Å². The average Bonchev–Trinajstić information content (AvgIpc) is 3.27. The third kappa shape index (κ3) is 3.61. The Morgan fingerprint density at radius 1 is 1.17 bits per heavy atom. The van der Waals surface area contributed by atoms with Crippen LogP contribution in [0.3, 0.4) is 0 Å². The summed E-state index contributed by atoms with van der Waals surface area (Å²) in [4.78, 5) is 36.8. The molecule has 9 heteroatoms. The van der Waals surface area contributed by atoms with Crippen molar-refractivity contribution in [2.75, 3.05) is 23.8 Å². The number of nitrogen functional groups attached to an aromatic ring is 1. The summed E-state index contributed by atoms with van der Waals surface area (Å²) in [6.07, 6.45) is 0.